The van der Waals surface area contributed by atoms with Crippen LogP contribution in [-0.2, 0) is 0 Å². The summed E-state index contributed by atoms with van der Waals surface area (Å²) in [5.74, 6) is -0.944. The molecule has 0 saturated carbocycles. The molecular formula is C15H20FNO2. The molecule has 1 heterocycles. The quantitative estimate of drug-likeness (QED) is 0.847. The highest BCUT2D eigenvalue weighted by atomic mass is 19.1. The summed E-state index contributed by atoms with van der Waals surface area (Å²) in [7, 11) is 0. The summed E-state index contributed by atoms with van der Waals surface area (Å²) in [6.45, 7) is 5.71. The van der Waals surface area contributed by atoms with Gasteiger partial charge in [0.1, 0.15) is 11.6 Å². The van der Waals surface area contributed by atoms with Gasteiger partial charge >= 0.3 is 0 Å². The number of phenolic OH excluding ortho intramolecular Hbond substituents is 1. The number of carbonyl (C=O) groups excluding carboxylic acids is 1. The van der Waals surface area contributed by atoms with Crippen LogP contribution >= 0.6 is 0 Å². The highest BCUT2D eigenvalue weighted by Crippen LogP contribution is 2.31. The highest BCUT2D eigenvalue weighted by Gasteiger charge is 2.27. The number of aromatic hydroxyl groups is 1. The first-order chi connectivity index (χ1) is 8.89. The average molecular weight is 265 g/mol. The molecular weight excluding hydrogens is 245 g/mol. The maximum atomic E-state index is 13.2. The Labute approximate surface area is 113 Å². The Balaban J connectivity index is 2.17. The van der Waals surface area contributed by atoms with Crippen LogP contribution < -0.4 is 0 Å². The molecule has 1 fully saturated rings. The van der Waals surface area contributed by atoms with E-state index in [1.807, 2.05) is 0 Å². The Morgan fingerprint density at radius 1 is 1.32 bits per heavy atom. The number of halogens is 1. The standard InChI is InChI=1S/C15H20FNO2/c1-15(2)6-3-8-17(9-7-15)14(19)12-10-11(16)4-5-13(12)18/h4-5,10,18H,3,6-9H2,1-2H3. The lowest BCUT2D eigenvalue weighted by Gasteiger charge is -2.23. The van der Waals surface area contributed by atoms with E-state index in [0.29, 0.717) is 13.1 Å². The molecule has 1 amide bonds. The molecule has 2 rings (SSSR count). The Bertz CT molecular complexity index is 485. The molecule has 4 heteroatoms. The molecule has 0 bridgehead atoms. The predicted molar refractivity (Wildman–Crippen MR) is 71.6 cm³/mol. The number of likely N-dealkylation sites (tertiary alicyclic amines) is 1. The normalized spacial score (nSPS) is 19.0. The second kappa shape index (κ2) is 5.19. The Morgan fingerprint density at radius 3 is 2.79 bits per heavy atom. The Kier molecular flexibility index (Phi) is 3.78. The van der Waals surface area contributed by atoms with Gasteiger partial charge in [0.05, 0.1) is 5.56 Å². The van der Waals surface area contributed by atoms with E-state index in [2.05, 4.69) is 13.8 Å². The van der Waals surface area contributed by atoms with Crippen LogP contribution in [0, 0.1) is 11.2 Å². The van der Waals surface area contributed by atoms with Crippen LogP contribution in [0.25, 0.3) is 0 Å². The monoisotopic (exact) mass is 265 g/mol. The van der Waals surface area contributed by atoms with Crippen LogP contribution in [0.4, 0.5) is 4.39 Å². The van der Waals surface area contributed by atoms with E-state index >= 15 is 0 Å². The fourth-order valence-corrected chi connectivity index (χ4v) is 2.48. The van der Waals surface area contributed by atoms with Crippen molar-refractivity contribution in [2.24, 2.45) is 5.41 Å². The molecule has 1 saturated heterocycles. The van der Waals surface area contributed by atoms with Gasteiger partial charge in [0, 0.05) is 13.1 Å². The molecule has 1 N–H and O–H groups in total. The van der Waals surface area contributed by atoms with E-state index in [0.717, 1.165) is 31.4 Å². The van der Waals surface area contributed by atoms with Gasteiger partial charge in [-0.15, -0.1) is 0 Å². The minimum Gasteiger partial charge on any atom is -0.507 e. The number of nitrogens with zero attached hydrogens (tertiary/aromatic N) is 1. The van der Waals surface area contributed by atoms with Crippen molar-refractivity contribution in [3.63, 3.8) is 0 Å². The number of amides is 1. The summed E-state index contributed by atoms with van der Waals surface area (Å²) >= 11 is 0. The largest absolute Gasteiger partial charge is 0.507 e. The summed E-state index contributed by atoms with van der Waals surface area (Å²) in [4.78, 5) is 14.0. The van der Waals surface area contributed by atoms with Crippen molar-refractivity contribution in [2.45, 2.75) is 33.1 Å². The van der Waals surface area contributed by atoms with Gasteiger partial charge in [-0.25, -0.2) is 4.39 Å². The van der Waals surface area contributed by atoms with Gasteiger partial charge in [0.25, 0.3) is 5.91 Å². The lowest BCUT2D eigenvalue weighted by Crippen LogP contribution is -2.32. The van der Waals surface area contributed by atoms with Crippen LogP contribution in [0.5, 0.6) is 5.75 Å². The van der Waals surface area contributed by atoms with Gasteiger partial charge in [0.2, 0.25) is 0 Å². The zero-order chi connectivity index (χ0) is 14.0. The van der Waals surface area contributed by atoms with Crippen molar-refractivity contribution in [1.29, 1.82) is 0 Å². The lowest BCUT2D eigenvalue weighted by atomic mass is 9.85. The van der Waals surface area contributed by atoms with Crippen LogP contribution in [-0.4, -0.2) is 29.0 Å². The van der Waals surface area contributed by atoms with Crippen molar-refractivity contribution in [2.75, 3.05) is 13.1 Å². The van der Waals surface area contributed by atoms with Crippen LogP contribution in [0.1, 0.15) is 43.5 Å². The summed E-state index contributed by atoms with van der Waals surface area (Å²) in [6, 6.07) is 3.48. The molecule has 0 unspecified atom stereocenters. The van der Waals surface area contributed by atoms with Crippen molar-refractivity contribution >= 4 is 5.91 Å². The molecule has 1 aliphatic heterocycles. The molecule has 0 aliphatic carbocycles. The number of rotatable bonds is 1. The second-order valence-electron chi connectivity index (χ2n) is 5.97. The molecule has 0 aromatic heterocycles. The van der Waals surface area contributed by atoms with E-state index in [9.17, 15) is 14.3 Å². The SMILES string of the molecule is CC1(C)CCCN(C(=O)c2cc(F)ccc2O)CC1. The summed E-state index contributed by atoms with van der Waals surface area (Å²) in [5, 5.41) is 9.69. The molecule has 104 valence electrons. The van der Waals surface area contributed by atoms with Gasteiger partial charge < -0.3 is 10.0 Å². The lowest BCUT2D eigenvalue weighted by molar-refractivity contribution is 0.0754. The number of carbonyl (C=O) groups is 1. The third kappa shape index (κ3) is 3.25. The predicted octanol–water partition coefficient (Wildman–Crippen LogP) is 3.18. The number of benzene rings is 1. The number of hydrogen-bond acceptors (Lipinski definition) is 2. The zero-order valence-electron chi connectivity index (χ0n) is 11.4. The molecule has 1 aliphatic rings. The van der Waals surface area contributed by atoms with Crippen molar-refractivity contribution in [3.05, 3.63) is 29.6 Å². The van der Waals surface area contributed by atoms with Crippen molar-refractivity contribution in [1.82, 2.24) is 4.90 Å². The van der Waals surface area contributed by atoms with Crippen molar-refractivity contribution in [3.8, 4) is 5.75 Å². The van der Waals surface area contributed by atoms with E-state index in [-0.39, 0.29) is 22.6 Å². The topological polar surface area (TPSA) is 40.5 Å². The fourth-order valence-electron chi connectivity index (χ4n) is 2.48. The summed E-state index contributed by atoms with van der Waals surface area (Å²) in [5.41, 5.74) is 0.290. The number of phenols is 1. The minimum atomic E-state index is -0.503. The van der Waals surface area contributed by atoms with E-state index < -0.39 is 5.82 Å². The Hall–Kier alpha value is -1.58. The maximum absolute atomic E-state index is 13.2. The number of hydrogen-bond donors (Lipinski definition) is 1. The van der Waals surface area contributed by atoms with Gasteiger partial charge in [-0.3, -0.25) is 4.79 Å². The third-order valence-corrected chi connectivity index (χ3v) is 3.82. The average Bonchev–Trinajstić information content (AvgIpc) is 2.52. The second-order valence-corrected chi connectivity index (χ2v) is 5.97. The smallest absolute Gasteiger partial charge is 0.257 e. The first-order valence-electron chi connectivity index (χ1n) is 6.67. The molecule has 1 aromatic carbocycles. The van der Waals surface area contributed by atoms with Crippen LogP contribution in [0.15, 0.2) is 18.2 Å². The minimum absolute atomic E-state index is 0.0553. The summed E-state index contributed by atoms with van der Waals surface area (Å²) < 4.78 is 13.2. The first-order valence-corrected chi connectivity index (χ1v) is 6.67. The van der Waals surface area contributed by atoms with Gasteiger partial charge in [-0.2, -0.15) is 0 Å². The highest BCUT2D eigenvalue weighted by molar-refractivity contribution is 5.96. The van der Waals surface area contributed by atoms with Crippen LogP contribution in [0.2, 0.25) is 0 Å². The maximum Gasteiger partial charge on any atom is 0.257 e. The van der Waals surface area contributed by atoms with E-state index in [4.69, 9.17) is 0 Å². The summed E-state index contributed by atoms with van der Waals surface area (Å²) in [6.07, 6.45) is 2.94. The zero-order valence-corrected chi connectivity index (χ0v) is 11.4. The Morgan fingerprint density at radius 2 is 2.05 bits per heavy atom. The first kappa shape index (κ1) is 13.8. The van der Waals surface area contributed by atoms with Gasteiger partial charge in [-0.05, 0) is 42.9 Å². The van der Waals surface area contributed by atoms with Gasteiger partial charge in [-0.1, -0.05) is 13.8 Å². The molecule has 3 nitrogen and oxygen atoms in total. The van der Waals surface area contributed by atoms with E-state index in [1.54, 1.807) is 4.90 Å². The molecule has 0 atom stereocenters. The molecule has 0 radical (unpaired) electrons. The third-order valence-electron chi connectivity index (χ3n) is 3.82. The van der Waals surface area contributed by atoms with E-state index in [1.165, 1.54) is 6.07 Å². The van der Waals surface area contributed by atoms with Crippen LogP contribution in [0.3, 0.4) is 0 Å². The van der Waals surface area contributed by atoms with Crippen molar-refractivity contribution < 1.29 is 14.3 Å². The molecule has 0 spiro atoms. The molecule has 1 aromatic rings. The molecule has 19 heavy (non-hydrogen) atoms. The van der Waals surface area contributed by atoms with Gasteiger partial charge in [0.15, 0.2) is 0 Å². The fraction of sp³-hybridized carbons (Fsp3) is 0.533.